The summed E-state index contributed by atoms with van der Waals surface area (Å²) in [4.78, 5) is 22.3. The number of anilines is 3. The molecule has 0 aromatic heterocycles. The zero-order valence-electron chi connectivity index (χ0n) is 11.0. The van der Waals surface area contributed by atoms with Crippen LogP contribution in [0.5, 0.6) is 5.75 Å². The molecule has 1 aromatic carbocycles. The van der Waals surface area contributed by atoms with Crippen LogP contribution in [0.2, 0.25) is 0 Å². The fourth-order valence-electron chi connectivity index (χ4n) is 1.65. The van der Waals surface area contributed by atoms with Crippen LogP contribution in [0.1, 0.15) is 0 Å². The Balaban J connectivity index is 2.26. The van der Waals surface area contributed by atoms with Crippen molar-refractivity contribution in [2.24, 2.45) is 0 Å². The molecule has 2 rings (SSSR count). The number of fused-ring (bicyclic) bond motifs is 1. The number of hydrogen-bond acceptors (Lipinski definition) is 7. The van der Waals surface area contributed by atoms with Gasteiger partial charge < -0.3 is 20.5 Å². The van der Waals surface area contributed by atoms with Gasteiger partial charge in [0.1, 0.15) is 5.75 Å². The van der Waals surface area contributed by atoms with E-state index in [1.54, 1.807) is 0 Å². The van der Waals surface area contributed by atoms with Gasteiger partial charge in [-0.2, -0.15) is 0 Å². The van der Waals surface area contributed by atoms with Gasteiger partial charge in [-0.3, -0.25) is 14.3 Å². The number of benzene rings is 1. The van der Waals surface area contributed by atoms with Crippen LogP contribution >= 0.6 is 0 Å². The molecule has 1 aliphatic heterocycles. The van der Waals surface area contributed by atoms with Gasteiger partial charge >= 0.3 is 5.97 Å². The van der Waals surface area contributed by atoms with Crippen LogP contribution in [0, 0.1) is 0 Å². The molecule has 0 aliphatic carbocycles. The van der Waals surface area contributed by atoms with Crippen LogP contribution in [-0.4, -0.2) is 39.8 Å². The maximum Gasteiger partial charge on any atom is 0.322 e. The van der Waals surface area contributed by atoms with Crippen molar-refractivity contribution in [1.82, 2.24) is 0 Å². The summed E-state index contributed by atoms with van der Waals surface area (Å²) >= 11 is 0. The number of esters is 1. The van der Waals surface area contributed by atoms with Crippen LogP contribution in [0.3, 0.4) is 0 Å². The first-order chi connectivity index (χ1) is 9.80. The van der Waals surface area contributed by atoms with E-state index in [2.05, 4.69) is 14.8 Å². The van der Waals surface area contributed by atoms with Crippen LogP contribution < -0.4 is 20.5 Å². The highest BCUT2D eigenvalue weighted by Crippen LogP contribution is 2.35. The van der Waals surface area contributed by atoms with Crippen LogP contribution in [-0.2, 0) is 24.3 Å². The largest absolute Gasteiger partial charge is 0.482 e. The Hall–Kier alpha value is -2.49. The van der Waals surface area contributed by atoms with E-state index < -0.39 is 21.7 Å². The van der Waals surface area contributed by atoms with E-state index in [1.165, 1.54) is 12.1 Å². The van der Waals surface area contributed by atoms with Gasteiger partial charge in [0.25, 0.3) is 5.91 Å². The van der Waals surface area contributed by atoms with Crippen molar-refractivity contribution in [3.05, 3.63) is 12.1 Å². The fraction of sp³-hybridized carbons (Fsp3) is 0.273. The minimum atomic E-state index is -3.97. The number of nitrogens with two attached hydrogens (primary N) is 1. The van der Waals surface area contributed by atoms with Gasteiger partial charge in [-0.15, -0.1) is 0 Å². The smallest absolute Gasteiger partial charge is 0.322 e. The summed E-state index contributed by atoms with van der Waals surface area (Å²) in [5.41, 5.74) is 6.13. The van der Waals surface area contributed by atoms with Gasteiger partial charge in [-0.1, -0.05) is 0 Å². The number of nitrogen functional groups attached to an aromatic ring is 1. The molecule has 1 aromatic rings. The predicted octanol–water partition coefficient (Wildman–Crippen LogP) is -0.486. The molecule has 1 heterocycles. The van der Waals surface area contributed by atoms with Gasteiger partial charge in [0, 0.05) is 6.07 Å². The van der Waals surface area contributed by atoms with Crippen molar-refractivity contribution in [2.75, 3.05) is 35.2 Å². The first-order valence-corrected chi connectivity index (χ1v) is 7.39. The Labute approximate surface area is 120 Å². The lowest BCUT2D eigenvalue weighted by atomic mass is 10.2. The molecule has 114 valence electrons. The molecule has 10 heteroatoms. The second-order valence-electron chi connectivity index (χ2n) is 4.21. The van der Waals surface area contributed by atoms with Crippen molar-refractivity contribution in [2.45, 2.75) is 0 Å². The highest BCUT2D eigenvalue weighted by molar-refractivity contribution is 7.93. The molecule has 0 atom stereocenters. The molecule has 0 radical (unpaired) electrons. The van der Waals surface area contributed by atoms with Gasteiger partial charge in [0.2, 0.25) is 10.0 Å². The molecular weight excluding hydrogens is 302 g/mol. The molecule has 0 saturated heterocycles. The molecule has 0 saturated carbocycles. The van der Waals surface area contributed by atoms with Crippen molar-refractivity contribution in [3.63, 3.8) is 0 Å². The van der Waals surface area contributed by atoms with Crippen LogP contribution in [0.25, 0.3) is 0 Å². The average molecular weight is 315 g/mol. The molecule has 21 heavy (non-hydrogen) atoms. The number of amides is 1. The van der Waals surface area contributed by atoms with Gasteiger partial charge in [-0.25, -0.2) is 8.42 Å². The number of carbonyl (C=O) groups excluding carboxylic acids is 2. The Morgan fingerprint density at radius 3 is 2.90 bits per heavy atom. The molecule has 1 amide bonds. The average Bonchev–Trinajstić information content (AvgIpc) is 2.39. The maximum atomic E-state index is 11.8. The van der Waals surface area contributed by atoms with Gasteiger partial charge in [0.15, 0.2) is 12.4 Å². The molecule has 9 nitrogen and oxygen atoms in total. The van der Waals surface area contributed by atoms with E-state index in [0.29, 0.717) is 5.75 Å². The molecule has 0 fully saturated rings. The van der Waals surface area contributed by atoms with Crippen molar-refractivity contribution in [3.8, 4) is 5.75 Å². The Bertz CT molecular complexity index is 700. The Morgan fingerprint density at radius 2 is 2.24 bits per heavy atom. The third-order valence-electron chi connectivity index (χ3n) is 2.59. The van der Waals surface area contributed by atoms with Crippen LogP contribution in [0.15, 0.2) is 12.1 Å². The normalized spacial score (nSPS) is 13.7. The first kappa shape index (κ1) is 14.9. The summed E-state index contributed by atoms with van der Waals surface area (Å²) in [6.07, 6.45) is 0. The number of ether oxygens (including phenoxy) is 2. The predicted molar refractivity (Wildman–Crippen MR) is 74.4 cm³/mol. The van der Waals surface area contributed by atoms with Gasteiger partial charge in [-0.05, 0) is 6.07 Å². The van der Waals surface area contributed by atoms with E-state index in [1.807, 2.05) is 0 Å². The van der Waals surface area contributed by atoms with Crippen LogP contribution in [0.4, 0.5) is 17.1 Å². The first-order valence-electron chi connectivity index (χ1n) is 5.74. The zero-order valence-corrected chi connectivity index (χ0v) is 11.8. The summed E-state index contributed by atoms with van der Waals surface area (Å²) in [6.45, 7) is -0.139. The highest BCUT2D eigenvalue weighted by atomic mass is 32.2. The summed E-state index contributed by atoms with van der Waals surface area (Å²) < 4.78 is 35.1. The van der Waals surface area contributed by atoms with E-state index >= 15 is 0 Å². The summed E-state index contributed by atoms with van der Waals surface area (Å²) in [5, 5.41) is 2.52. The quantitative estimate of drug-likeness (QED) is 0.504. The summed E-state index contributed by atoms with van der Waals surface area (Å²) in [6, 6.07) is 2.70. The molecule has 0 bridgehead atoms. The van der Waals surface area contributed by atoms with E-state index in [9.17, 15) is 18.0 Å². The number of methoxy groups -OCH3 is 1. The van der Waals surface area contributed by atoms with E-state index in [-0.39, 0.29) is 29.6 Å². The molecule has 4 N–H and O–H groups in total. The van der Waals surface area contributed by atoms with Gasteiger partial charge in [0.05, 0.1) is 24.2 Å². The molecule has 0 spiro atoms. The fourth-order valence-corrected chi connectivity index (χ4v) is 2.66. The monoisotopic (exact) mass is 315 g/mol. The van der Waals surface area contributed by atoms with E-state index in [0.717, 1.165) is 7.11 Å². The minimum absolute atomic E-state index is 0.0310. The molecule has 0 unspecified atom stereocenters. The zero-order chi connectivity index (χ0) is 15.6. The topological polar surface area (TPSA) is 137 Å². The minimum Gasteiger partial charge on any atom is -0.482 e. The number of sulfonamides is 1. The third-order valence-corrected chi connectivity index (χ3v) is 3.73. The lowest BCUT2D eigenvalue weighted by molar-refractivity contribution is -0.137. The van der Waals surface area contributed by atoms with Crippen molar-refractivity contribution >= 4 is 39.0 Å². The third kappa shape index (κ3) is 3.54. The standard InChI is InChI=1S/C11H13N3O6S/c1-19-11(16)5-21(17,18)14-7-3-8-9(2-6(7)12)20-4-10(15)13-8/h2-3,14H,4-5,12H2,1H3,(H,13,15). The Morgan fingerprint density at radius 1 is 1.52 bits per heavy atom. The Kier molecular flexibility index (Phi) is 3.89. The highest BCUT2D eigenvalue weighted by Gasteiger charge is 2.22. The lowest BCUT2D eigenvalue weighted by Crippen LogP contribution is -2.26. The van der Waals surface area contributed by atoms with Crippen molar-refractivity contribution < 1.29 is 27.5 Å². The second kappa shape index (κ2) is 5.48. The number of nitrogens with one attached hydrogen (secondary N) is 2. The number of hydrogen-bond donors (Lipinski definition) is 3. The van der Waals surface area contributed by atoms with E-state index in [4.69, 9.17) is 10.5 Å². The molecule has 1 aliphatic rings. The summed E-state index contributed by atoms with van der Waals surface area (Å²) in [7, 11) is -2.89. The second-order valence-corrected chi connectivity index (χ2v) is 5.93. The van der Waals surface area contributed by atoms with Crippen molar-refractivity contribution in [1.29, 1.82) is 0 Å². The number of rotatable bonds is 4. The maximum absolute atomic E-state index is 11.8. The summed E-state index contributed by atoms with van der Waals surface area (Å²) in [5.74, 6) is -1.78. The lowest BCUT2D eigenvalue weighted by Gasteiger charge is -2.20. The number of carbonyl (C=O) groups is 2. The SMILES string of the molecule is COC(=O)CS(=O)(=O)Nc1cc2c(cc1N)OCC(=O)N2. The molecular formula is C11H13N3O6S.